The summed E-state index contributed by atoms with van der Waals surface area (Å²) in [5.74, 6) is 0.478. The van der Waals surface area contributed by atoms with Crippen LogP contribution >= 0.6 is 0 Å². The lowest BCUT2D eigenvalue weighted by molar-refractivity contribution is 0.00917. The summed E-state index contributed by atoms with van der Waals surface area (Å²) in [5.41, 5.74) is 0.817. The van der Waals surface area contributed by atoms with Crippen LogP contribution in [0.1, 0.15) is 24.5 Å². The number of ether oxygens (including phenoxy) is 1. The number of aryl methyl sites for hydroxylation is 1. The zero-order valence-corrected chi connectivity index (χ0v) is 7.88. The fourth-order valence-electron chi connectivity index (χ4n) is 1.48. The molecule has 1 fully saturated rings. The van der Waals surface area contributed by atoms with E-state index in [1.54, 1.807) is 6.07 Å². The van der Waals surface area contributed by atoms with Crippen LogP contribution in [-0.4, -0.2) is 34.2 Å². The molecule has 2 rings (SSSR count). The molecular weight excluding hydrogens is 186 g/mol. The third-order valence-corrected chi connectivity index (χ3v) is 2.37. The van der Waals surface area contributed by atoms with Gasteiger partial charge in [0, 0.05) is 6.07 Å². The minimum Gasteiger partial charge on any atom is -0.388 e. The Kier molecular flexibility index (Phi) is 2.54. The van der Waals surface area contributed by atoms with Crippen molar-refractivity contribution >= 4 is 0 Å². The maximum Gasteiger partial charge on any atom is 0.168 e. The number of rotatable bonds is 2. The van der Waals surface area contributed by atoms with E-state index in [1.165, 1.54) is 0 Å². The first-order valence-corrected chi connectivity index (χ1v) is 4.65. The van der Waals surface area contributed by atoms with Gasteiger partial charge < -0.3 is 19.5 Å². The number of aromatic nitrogens is 1. The van der Waals surface area contributed by atoms with Gasteiger partial charge in [-0.2, -0.15) is 0 Å². The zero-order chi connectivity index (χ0) is 10.1. The molecule has 5 heteroatoms. The van der Waals surface area contributed by atoms with Gasteiger partial charge in [-0.1, -0.05) is 12.1 Å². The number of aliphatic hydroxyl groups is 2. The molecule has 3 unspecified atom stereocenters. The van der Waals surface area contributed by atoms with Gasteiger partial charge in [0.15, 0.2) is 5.76 Å². The van der Waals surface area contributed by atoms with E-state index >= 15 is 0 Å². The normalized spacial score (nSPS) is 32.4. The van der Waals surface area contributed by atoms with Crippen molar-refractivity contribution in [1.82, 2.24) is 5.16 Å². The molecule has 0 bridgehead atoms. The van der Waals surface area contributed by atoms with Crippen molar-refractivity contribution in [1.29, 1.82) is 0 Å². The molecule has 78 valence electrons. The molecule has 0 saturated carbocycles. The lowest BCUT2D eigenvalue weighted by Gasteiger charge is -2.10. The van der Waals surface area contributed by atoms with Crippen LogP contribution in [0.25, 0.3) is 0 Å². The standard InChI is InChI=1S/C9H13NO4/c1-2-5-3-7(14-10-5)9-8(12)6(11)4-13-9/h3,6,8-9,11-12H,2,4H2,1H3. The molecule has 0 aliphatic carbocycles. The van der Waals surface area contributed by atoms with Gasteiger partial charge in [-0.3, -0.25) is 0 Å². The largest absolute Gasteiger partial charge is 0.388 e. The molecule has 0 spiro atoms. The topological polar surface area (TPSA) is 75.7 Å². The van der Waals surface area contributed by atoms with Crippen molar-refractivity contribution in [3.63, 3.8) is 0 Å². The Morgan fingerprint density at radius 1 is 1.57 bits per heavy atom. The summed E-state index contributed by atoms with van der Waals surface area (Å²) < 4.78 is 10.2. The van der Waals surface area contributed by atoms with Crippen molar-refractivity contribution in [2.45, 2.75) is 31.7 Å². The van der Waals surface area contributed by atoms with Gasteiger partial charge >= 0.3 is 0 Å². The average molecular weight is 199 g/mol. The predicted molar refractivity (Wildman–Crippen MR) is 46.6 cm³/mol. The van der Waals surface area contributed by atoms with Gasteiger partial charge in [0.1, 0.15) is 18.3 Å². The summed E-state index contributed by atoms with van der Waals surface area (Å²) in [7, 11) is 0. The van der Waals surface area contributed by atoms with E-state index in [0.717, 1.165) is 12.1 Å². The molecule has 1 aliphatic rings. The molecule has 2 heterocycles. The molecule has 1 aromatic heterocycles. The monoisotopic (exact) mass is 199 g/mol. The summed E-state index contributed by atoms with van der Waals surface area (Å²) in [6.45, 7) is 2.09. The maximum absolute atomic E-state index is 9.53. The summed E-state index contributed by atoms with van der Waals surface area (Å²) in [6.07, 6.45) is -1.57. The Morgan fingerprint density at radius 2 is 2.36 bits per heavy atom. The van der Waals surface area contributed by atoms with Crippen LogP contribution in [0.3, 0.4) is 0 Å². The molecular formula is C9H13NO4. The van der Waals surface area contributed by atoms with Crippen molar-refractivity contribution in [2.75, 3.05) is 6.61 Å². The first kappa shape index (κ1) is 9.64. The van der Waals surface area contributed by atoms with Crippen LogP contribution in [0.5, 0.6) is 0 Å². The van der Waals surface area contributed by atoms with Gasteiger partial charge in [0.05, 0.1) is 12.3 Å². The van der Waals surface area contributed by atoms with Crippen LogP contribution in [0.4, 0.5) is 0 Å². The number of aliphatic hydroxyl groups excluding tert-OH is 2. The van der Waals surface area contributed by atoms with E-state index in [2.05, 4.69) is 5.16 Å². The molecule has 1 saturated heterocycles. The smallest absolute Gasteiger partial charge is 0.168 e. The zero-order valence-electron chi connectivity index (χ0n) is 7.88. The van der Waals surface area contributed by atoms with Crippen LogP contribution in [0.15, 0.2) is 10.6 Å². The maximum atomic E-state index is 9.53. The second kappa shape index (κ2) is 3.68. The van der Waals surface area contributed by atoms with E-state index in [0.29, 0.717) is 5.76 Å². The van der Waals surface area contributed by atoms with E-state index in [9.17, 15) is 10.2 Å². The van der Waals surface area contributed by atoms with Gasteiger partial charge in [-0.05, 0) is 6.42 Å². The number of hydrogen-bond acceptors (Lipinski definition) is 5. The Morgan fingerprint density at radius 3 is 2.86 bits per heavy atom. The van der Waals surface area contributed by atoms with E-state index in [4.69, 9.17) is 9.26 Å². The Bertz CT molecular complexity index is 312. The van der Waals surface area contributed by atoms with Crippen LogP contribution in [0.2, 0.25) is 0 Å². The SMILES string of the molecule is CCc1cc(C2OCC(O)C2O)on1. The summed E-state index contributed by atoms with van der Waals surface area (Å²) in [6, 6.07) is 1.74. The molecule has 1 aliphatic heterocycles. The van der Waals surface area contributed by atoms with Crippen LogP contribution in [0, 0.1) is 0 Å². The fourth-order valence-corrected chi connectivity index (χ4v) is 1.48. The first-order valence-electron chi connectivity index (χ1n) is 4.65. The molecule has 0 aromatic carbocycles. The Hall–Kier alpha value is -0.910. The second-order valence-corrected chi connectivity index (χ2v) is 3.39. The molecule has 0 radical (unpaired) electrons. The first-order chi connectivity index (χ1) is 6.72. The van der Waals surface area contributed by atoms with Gasteiger partial charge in [0.2, 0.25) is 0 Å². The molecule has 0 amide bonds. The summed E-state index contributed by atoms with van der Waals surface area (Å²) in [4.78, 5) is 0. The van der Waals surface area contributed by atoms with E-state index < -0.39 is 18.3 Å². The molecule has 14 heavy (non-hydrogen) atoms. The molecule has 5 nitrogen and oxygen atoms in total. The van der Waals surface area contributed by atoms with Crippen LogP contribution < -0.4 is 0 Å². The third-order valence-electron chi connectivity index (χ3n) is 2.37. The Labute approximate surface area is 81.3 Å². The highest BCUT2D eigenvalue weighted by molar-refractivity contribution is 5.11. The molecule has 3 atom stereocenters. The molecule has 1 aromatic rings. The quantitative estimate of drug-likeness (QED) is 0.702. The highest BCUT2D eigenvalue weighted by Gasteiger charge is 2.38. The minimum atomic E-state index is -0.923. The highest BCUT2D eigenvalue weighted by atomic mass is 16.6. The number of hydrogen-bond donors (Lipinski definition) is 2. The minimum absolute atomic E-state index is 0.133. The van der Waals surface area contributed by atoms with Crippen molar-refractivity contribution in [2.24, 2.45) is 0 Å². The van der Waals surface area contributed by atoms with Crippen molar-refractivity contribution in [3.05, 3.63) is 17.5 Å². The van der Waals surface area contributed by atoms with Crippen LogP contribution in [-0.2, 0) is 11.2 Å². The fraction of sp³-hybridized carbons (Fsp3) is 0.667. The predicted octanol–water partition coefficient (Wildman–Crippen LogP) is 0.0301. The highest BCUT2D eigenvalue weighted by Crippen LogP contribution is 2.29. The van der Waals surface area contributed by atoms with E-state index in [1.807, 2.05) is 6.92 Å². The van der Waals surface area contributed by atoms with Gasteiger partial charge in [-0.15, -0.1) is 0 Å². The number of nitrogens with zero attached hydrogens (tertiary/aromatic N) is 1. The van der Waals surface area contributed by atoms with E-state index in [-0.39, 0.29) is 6.61 Å². The Balaban J connectivity index is 2.15. The summed E-state index contributed by atoms with van der Waals surface area (Å²) in [5, 5.41) is 22.6. The molecule has 2 N–H and O–H groups in total. The summed E-state index contributed by atoms with van der Waals surface area (Å²) >= 11 is 0. The lowest BCUT2D eigenvalue weighted by Crippen LogP contribution is -2.24. The van der Waals surface area contributed by atoms with Gasteiger partial charge in [0.25, 0.3) is 0 Å². The average Bonchev–Trinajstić information content (AvgIpc) is 2.75. The second-order valence-electron chi connectivity index (χ2n) is 3.39. The van der Waals surface area contributed by atoms with Crippen molar-refractivity contribution < 1.29 is 19.5 Å². The third kappa shape index (κ3) is 1.54. The van der Waals surface area contributed by atoms with Gasteiger partial charge in [-0.25, -0.2) is 0 Å². The lowest BCUT2D eigenvalue weighted by atomic mass is 10.1. The van der Waals surface area contributed by atoms with Crippen molar-refractivity contribution in [3.8, 4) is 0 Å².